The molecule has 2 fully saturated rings. The molecule has 130 valence electrons. The van der Waals surface area contributed by atoms with Crippen molar-refractivity contribution in [2.75, 3.05) is 39.4 Å². The Bertz CT molecular complexity index is 601. The Morgan fingerprint density at radius 3 is 2.67 bits per heavy atom. The Kier molecular flexibility index (Phi) is 4.35. The Morgan fingerprint density at radius 2 is 1.92 bits per heavy atom. The molecule has 5 nitrogen and oxygen atoms in total. The molecule has 0 saturated carbocycles. The molecular weight excluding hydrogens is 304 g/mol. The SMILES string of the molecule is O=C(CCc1ccc2c(c1)OCCO2)N1CCC2(CCNC2)CC1. The van der Waals surface area contributed by atoms with Gasteiger partial charge in [0.15, 0.2) is 11.5 Å². The summed E-state index contributed by atoms with van der Waals surface area (Å²) >= 11 is 0. The molecule has 5 heteroatoms. The summed E-state index contributed by atoms with van der Waals surface area (Å²) in [6.07, 6.45) is 4.90. The highest BCUT2D eigenvalue weighted by Crippen LogP contribution is 2.37. The second kappa shape index (κ2) is 6.63. The van der Waals surface area contributed by atoms with E-state index in [2.05, 4.69) is 10.2 Å². The average Bonchev–Trinajstić information content (AvgIpc) is 3.08. The molecule has 2 saturated heterocycles. The van der Waals surface area contributed by atoms with Crippen LogP contribution in [0.15, 0.2) is 18.2 Å². The van der Waals surface area contributed by atoms with Gasteiger partial charge in [-0.05, 0) is 55.3 Å². The van der Waals surface area contributed by atoms with Crippen LogP contribution in [0.3, 0.4) is 0 Å². The topological polar surface area (TPSA) is 50.8 Å². The number of piperidine rings is 1. The normalized spacial score (nSPS) is 21.9. The van der Waals surface area contributed by atoms with Crippen LogP contribution >= 0.6 is 0 Å². The van der Waals surface area contributed by atoms with Gasteiger partial charge in [-0.25, -0.2) is 0 Å². The molecule has 0 radical (unpaired) electrons. The molecule has 1 aromatic carbocycles. The highest BCUT2D eigenvalue weighted by atomic mass is 16.6. The van der Waals surface area contributed by atoms with Gasteiger partial charge in [-0.3, -0.25) is 4.79 Å². The molecule has 1 aromatic rings. The van der Waals surface area contributed by atoms with Gasteiger partial charge in [0.1, 0.15) is 13.2 Å². The van der Waals surface area contributed by atoms with Crippen molar-refractivity contribution in [2.24, 2.45) is 5.41 Å². The van der Waals surface area contributed by atoms with Gasteiger partial charge in [0, 0.05) is 26.1 Å². The van der Waals surface area contributed by atoms with Gasteiger partial charge in [-0.15, -0.1) is 0 Å². The second-order valence-corrected chi connectivity index (χ2v) is 7.29. The number of ether oxygens (including phenoxy) is 2. The van der Waals surface area contributed by atoms with Crippen LogP contribution in [0.4, 0.5) is 0 Å². The molecule has 1 amide bonds. The second-order valence-electron chi connectivity index (χ2n) is 7.29. The van der Waals surface area contributed by atoms with E-state index in [-0.39, 0.29) is 5.91 Å². The Balaban J connectivity index is 1.29. The smallest absolute Gasteiger partial charge is 0.222 e. The molecule has 3 aliphatic heterocycles. The number of carbonyl (C=O) groups is 1. The molecule has 24 heavy (non-hydrogen) atoms. The number of rotatable bonds is 3. The van der Waals surface area contributed by atoms with Crippen LogP contribution in [0, 0.1) is 5.41 Å². The largest absolute Gasteiger partial charge is 0.486 e. The molecule has 3 heterocycles. The van der Waals surface area contributed by atoms with Crippen molar-refractivity contribution in [1.82, 2.24) is 10.2 Å². The van der Waals surface area contributed by atoms with Crippen molar-refractivity contribution in [1.29, 1.82) is 0 Å². The van der Waals surface area contributed by atoms with Gasteiger partial charge < -0.3 is 19.7 Å². The molecular formula is C19H26N2O3. The number of amides is 1. The Hall–Kier alpha value is -1.75. The van der Waals surface area contributed by atoms with Crippen LogP contribution in [0.25, 0.3) is 0 Å². The van der Waals surface area contributed by atoms with Crippen LogP contribution < -0.4 is 14.8 Å². The van der Waals surface area contributed by atoms with E-state index in [9.17, 15) is 4.79 Å². The lowest BCUT2D eigenvalue weighted by Crippen LogP contribution is -2.44. The number of hydrogen-bond donors (Lipinski definition) is 1. The number of nitrogens with one attached hydrogen (secondary N) is 1. The zero-order chi connectivity index (χ0) is 16.4. The maximum Gasteiger partial charge on any atom is 0.222 e. The molecule has 1 spiro atoms. The van der Waals surface area contributed by atoms with E-state index < -0.39 is 0 Å². The van der Waals surface area contributed by atoms with Gasteiger partial charge >= 0.3 is 0 Å². The molecule has 4 rings (SSSR count). The van der Waals surface area contributed by atoms with E-state index in [0.29, 0.717) is 25.0 Å². The van der Waals surface area contributed by atoms with Crippen LogP contribution in [-0.2, 0) is 11.2 Å². The Morgan fingerprint density at radius 1 is 1.12 bits per heavy atom. The molecule has 3 aliphatic rings. The molecule has 1 N–H and O–H groups in total. The van der Waals surface area contributed by atoms with Gasteiger partial charge in [-0.2, -0.15) is 0 Å². The van der Waals surface area contributed by atoms with E-state index in [4.69, 9.17) is 9.47 Å². The van der Waals surface area contributed by atoms with E-state index in [1.807, 2.05) is 18.2 Å². The van der Waals surface area contributed by atoms with Crippen molar-refractivity contribution in [3.63, 3.8) is 0 Å². The molecule has 0 unspecified atom stereocenters. The summed E-state index contributed by atoms with van der Waals surface area (Å²) in [5, 5.41) is 3.47. The van der Waals surface area contributed by atoms with Crippen molar-refractivity contribution in [3.8, 4) is 11.5 Å². The maximum absolute atomic E-state index is 12.5. The summed E-state index contributed by atoms with van der Waals surface area (Å²) < 4.78 is 11.2. The summed E-state index contributed by atoms with van der Waals surface area (Å²) in [5.74, 6) is 1.90. The lowest BCUT2D eigenvalue weighted by atomic mass is 9.78. The fraction of sp³-hybridized carbons (Fsp3) is 0.632. The molecule has 0 bridgehead atoms. The minimum Gasteiger partial charge on any atom is -0.486 e. The third-order valence-electron chi connectivity index (χ3n) is 5.74. The average molecular weight is 330 g/mol. The number of aryl methyl sites for hydroxylation is 1. The predicted octanol–water partition coefficient (Wildman–Crippen LogP) is 1.99. The van der Waals surface area contributed by atoms with Crippen LogP contribution in [-0.4, -0.2) is 50.2 Å². The van der Waals surface area contributed by atoms with Crippen LogP contribution in [0.1, 0.15) is 31.2 Å². The molecule has 0 atom stereocenters. The van der Waals surface area contributed by atoms with Crippen LogP contribution in [0.5, 0.6) is 11.5 Å². The van der Waals surface area contributed by atoms with E-state index >= 15 is 0 Å². The molecule has 0 aliphatic carbocycles. The number of benzene rings is 1. The zero-order valence-corrected chi connectivity index (χ0v) is 14.2. The summed E-state index contributed by atoms with van der Waals surface area (Å²) in [5.41, 5.74) is 1.60. The first-order valence-corrected chi connectivity index (χ1v) is 9.11. The minimum atomic E-state index is 0.283. The third kappa shape index (κ3) is 3.22. The fourth-order valence-corrected chi connectivity index (χ4v) is 4.11. The zero-order valence-electron chi connectivity index (χ0n) is 14.2. The standard InChI is InChI=1S/C19H26N2O3/c22-18(21-9-6-19(7-10-21)5-8-20-14-19)4-2-15-1-3-16-17(13-15)24-12-11-23-16/h1,3,13,20H,2,4-12,14H2. The van der Waals surface area contributed by atoms with Crippen molar-refractivity contribution < 1.29 is 14.3 Å². The number of likely N-dealkylation sites (tertiary alicyclic amines) is 1. The predicted molar refractivity (Wildman–Crippen MR) is 91.5 cm³/mol. The van der Waals surface area contributed by atoms with Crippen molar-refractivity contribution in [2.45, 2.75) is 32.1 Å². The first-order valence-electron chi connectivity index (χ1n) is 9.11. The lowest BCUT2D eigenvalue weighted by molar-refractivity contribution is -0.133. The van der Waals surface area contributed by atoms with E-state index in [1.165, 1.54) is 6.42 Å². The number of carbonyl (C=O) groups excluding carboxylic acids is 1. The third-order valence-corrected chi connectivity index (χ3v) is 5.74. The Labute approximate surface area is 143 Å². The lowest BCUT2D eigenvalue weighted by Gasteiger charge is -2.39. The van der Waals surface area contributed by atoms with Gasteiger partial charge in [0.2, 0.25) is 5.91 Å². The highest BCUT2D eigenvalue weighted by molar-refractivity contribution is 5.76. The first-order chi connectivity index (χ1) is 11.7. The quantitative estimate of drug-likeness (QED) is 0.921. The number of hydrogen-bond acceptors (Lipinski definition) is 4. The number of nitrogens with zero attached hydrogens (tertiary/aromatic N) is 1. The fourth-order valence-electron chi connectivity index (χ4n) is 4.11. The summed E-state index contributed by atoms with van der Waals surface area (Å²) in [6, 6.07) is 6.00. The van der Waals surface area contributed by atoms with Crippen molar-refractivity contribution in [3.05, 3.63) is 23.8 Å². The summed E-state index contributed by atoms with van der Waals surface area (Å²) in [7, 11) is 0. The minimum absolute atomic E-state index is 0.283. The first kappa shape index (κ1) is 15.8. The van der Waals surface area contributed by atoms with Gasteiger partial charge in [0.05, 0.1) is 0 Å². The van der Waals surface area contributed by atoms with E-state index in [0.717, 1.165) is 62.5 Å². The van der Waals surface area contributed by atoms with E-state index in [1.54, 1.807) is 0 Å². The number of fused-ring (bicyclic) bond motifs is 1. The van der Waals surface area contributed by atoms with Gasteiger partial charge in [0.25, 0.3) is 0 Å². The van der Waals surface area contributed by atoms with Crippen molar-refractivity contribution >= 4 is 5.91 Å². The van der Waals surface area contributed by atoms with Gasteiger partial charge in [-0.1, -0.05) is 6.07 Å². The van der Waals surface area contributed by atoms with Crippen LogP contribution in [0.2, 0.25) is 0 Å². The monoisotopic (exact) mass is 330 g/mol. The summed E-state index contributed by atoms with van der Waals surface area (Å²) in [6.45, 7) is 5.31. The molecule has 0 aromatic heterocycles. The highest BCUT2D eigenvalue weighted by Gasteiger charge is 2.37. The summed E-state index contributed by atoms with van der Waals surface area (Å²) in [4.78, 5) is 14.6. The maximum atomic E-state index is 12.5.